The molecule has 3 nitrogen and oxygen atoms in total. The van der Waals surface area contributed by atoms with Crippen molar-refractivity contribution in [2.24, 2.45) is 11.5 Å². The normalized spacial score (nSPS) is 13.1. The van der Waals surface area contributed by atoms with E-state index in [4.69, 9.17) is 16.2 Å². The van der Waals surface area contributed by atoms with Crippen molar-refractivity contribution in [1.82, 2.24) is 0 Å². The predicted molar refractivity (Wildman–Crippen MR) is 204 cm³/mol. The highest BCUT2D eigenvalue weighted by Gasteiger charge is 2.05. The lowest BCUT2D eigenvalue weighted by molar-refractivity contribution is 0.119. The van der Waals surface area contributed by atoms with E-state index in [0.717, 1.165) is 38.9 Å². The summed E-state index contributed by atoms with van der Waals surface area (Å²) in [4.78, 5) is 0. The van der Waals surface area contributed by atoms with E-state index in [1.807, 2.05) is 0 Å². The molecule has 0 heterocycles. The van der Waals surface area contributed by atoms with Gasteiger partial charge in [-0.3, -0.25) is 0 Å². The topological polar surface area (TPSA) is 61.3 Å². The van der Waals surface area contributed by atoms with Gasteiger partial charge in [-0.05, 0) is 25.7 Å². The smallest absolute Gasteiger partial charge is 0.0480 e. The molecule has 0 radical (unpaired) electrons. The van der Waals surface area contributed by atoms with E-state index in [1.165, 1.54) is 205 Å². The van der Waals surface area contributed by atoms with Gasteiger partial charge >= 0.3 is 0 Å². The standard InChI is InChI=1S/C42H88N2O/c1-3-5-7-9-11-13-15-17-19-21-23-25-27-29-31-33-35-41(43)37-39-45-40-38-42(44)36-34-32-30-28-26-24-22-20-18-16-14-12-10-8-6-4-2/h41-42H,3-40,43-44H2,1-2H3. The van der Waals surface area contributed by atoms with Gasteiger partial charge in [0.15, 0.2) is 0 Å². The van der Waals surface area contributed by atoms with Crippen LogP contribution in [0.2, 0.25) is 0 Å². The quantitative estimate of drug-likeness (QED) is 0.0658. The first-order valence-corrected chi connectivity index (χ1v) is 21.3. The van der Waals surface area contributed by atoms with Crippen LogP contribution in [0.3, 0.4) is 0 Å². The van der Waals surface area contributed by atoms with Gasteiger partial charge in [0.2, 0.25) is 0 Å². The monoisotopic (exact) mass is 637 g/mol. The van der Waals surface area contributed by atoms with Crippen LogP contribution in [0.25, 0.3) is 0 Å². The molecule has 0 saturated carbocycles. The Hall–Kier alpha value is -0.120. The van der Waals surface area contributed by atoms with Gasteiger partial charge in [0, 0.05) is 25.3 Å². The highest BCUT2D eigenvalue weighted by molar-refractivity contribution is 4.63. The molecule has 0 aliphatic rings. The van der Waals surface area contributed by atoms with Crippen LogP contribution in [-0.4, -0.2) is 25.3 Å². The fraction of sp³-hybridized carbons (Fsp3) is 1.00. The van der Waals surface area contributed by atoms with Gasteiger partial charge in [-0.2, -0.15) is 0 Å². The van der Waals surface area contributed by atoms with E-state index < -0.39 is 0 Å². The molecule has 0 aromatic rings. The van der Waals surface area contributed by atoms with Crippen LogP contribution in [-0.2, 0) is 4.74 Å². The summed E-state index contributed by atoms with van der Waals surface area (Å²) in [6, 6.07) is 0.603. The summed E-state index contributed by atoms with van der Waals surface area (Å²) >= 11 is 0. The Morgan fingerprint density at radius 1 is 0.289 bits per heavy atom. The second kappa shape index (κ2) is 40.1. The second-order valence-electron chi connectivity index (χ2n) is 14.9. The summed E-state index contributed by atoms with van der Waals surface area (Å²) in [7, 11) is 0. The molecule has 3 heteroatoms. The molecule has 2 unspecified atom stereocenters. The molecule has 0 rings (SSSR count). The average molecular weight is 637 g/mol. The van der Waals surface area contributed by atoms with Crippen LogP contribution in [0.4, 0.5) is 0 Å². The number of rotatable bonds is 40. The highest BCUT2D eigenvalue weighted by Crippen LogP contribution is 2.16. The van der Waals surface area contributed by atoms with E-state index in [-0.39, 0.29) is 0 Å². The Kier molecular flexibility index (Phi) is 39.9. The fourth-order valence-electron chi connectivity index (χ4n) is 6.77. The molecular formula is C42H88N2O. The number of hydrogen-bond acceptors (Lipinski definition) is 3. The van der Waals surface area contributed by atoms with Crippen LogP contribution in [0, 0.1) is 0 Å². The first kappa shape index (κ1) is 44.9. The molecule has 0 bridgehead atoms. The van der Waals surface area contributed by atoms with Crippen molar-refractivity contribution < 1.29 is 4.74 Å². The molecule has 0 aliphatic heterocycles. The van der Waals surface area contributed by atoms with Gasteiger partial charge in [0.05, 0.1) is 0 Å². The number of ether oxygens (including phenoxy) is 1. The van der Waals surface area contributed by atoms with Crippen LogP contribution < -0.4 is 11.5 Å². The lowest BCUT2D eigenvalue weighted by Gasteiger charge is -2.14. The van der Waals surface area contributed by atoms with Crippen molar-refractivity contribution in [3.05, 3.63) is 0 Å². The molecule has 0 aliphatic carbocycles. The SMILES string of the molecule is CCCCCCCCCCCCCCCCCCC(N)CCOCCC(N)CCCCCCCCCCCCCCCCCC. The zero-order valence-corrected chi connectivity index (χ0v) is 31.6. The molecule has 0 aromatic carbocycles. The third-order valence-electron chi connectivity index (χ3n) is 10.1. The van der Waals surface area contributed by atoms with Crippen LogP contribution in [0.15, 0.2) is 0 Å². The van der Waals surface area contributed by atoms with Gasteiger partial charge in [-0.25, -0.2) is 0 Å². The van der Waals surface area contributed by atoms with E-state index >= 15 is 0 Å². The zero-order valence-electron chi connectivity index (χ0n) is 31.6. The molecule has 0 fully saturated rings. The summed E-state index contributed by atoms with van der Waals surface area (Å²) in [6.07, 6.45) is 49.8. The fourth-order valence-corrected chi connectivity index (χ4v) is 6.77. The van der Waals surface area contributed by atoms with Crippen molar-refractivity contribution in [1.29, 1.82) is 0 Å². The van der Waals surface area contributed by atoms with E-state index in [2.05, 4.69) is 13.8 Å². The molecule has 272 valence electrons. The lowest BCUT2D eigenvalue weighted by Crippen LogP contribution is -2.24. The molecule has 4 N–H and O–H groups in total. The third kappa shape index (κ3) is 40.0. The summed E-state index contributed by atoms with van der Waals surface area (Å²) in [6.45, 7) is 6.19. The number of hydrogen-bond donors (Lipinski definition) is 2. The van der Waals surface area contributed by atoms with Crippen molar-refractivity contribution >= 4 is 0 Å². The molecule has 0 aromatic heterocycles. The van der Waals surface area contributed by atoms with Crippen molar-refractivity contribution in [3.8, 4) is 0 Å². The maximum Gasteiger partial charge on any atom is 0.0480 e. The molecule has 2 atom stereocenters. The minimum Gasteiger partial charge on any atom is -0.381 e. The number of unbranched alkanes of at least 4 members (excludes halogenated alkanes) is 30. The van der Waals surface area contributed by atoms with E-state index in [1.54, 1.807) is 0 Å². The predicted octanol–water partition coefficient (Wildman–Crippen LogP) is 13.7. The van der Waals surface area contributed by atoms with E-state index in [0.29, 0.717) is 12.1 Å². The minimum absolute atomic E-state index is 0.301. The van der Waals surface area contributed by atoms with Crippen LogP contribution >= 0.6 is 0 Å². The van der Waals surface area contributed by atoms with Crippen molar-refractivity contribution in [2.75, 3.05) is 13.2 Å². The molecule has 0 amide bonds. The average Bonchev–Trinajstić information content (AvgIpc) is 3.04. The summed E-state index contributed by atoms with van der Waals surface area (Å²) in [5.74, 6) is 0. The second-order valence-corrected chi connectivity index (χ2v) is 14.9. The van der Waals surface area contributed by atoms with Gasteiger partial charge < -0.3 is 16.2 Å². The van der Waals surface area contributed by atoms with Crippen molar-refractivity contribution in [2.45, 2.75) is 257 Å². The Balaban J connectivity index is 3.24. The minimum atomic E-state index is 0.301. The van der Waals surface area contributed by atoms with Gasteiger partial charge in [0.25, 0.3) is 0 Å². The molecule has 45 heavy (non-hydrogen) atoms. The Morgan fingerprint density at radius 3 is 0.711 bits per heavy atom. The van der Waals surface area contributed by atoms with E-state index in [9.17, 15) is 0 Å². The number of nitrogens with two attached hydrogens (primary N) is 2. The summed E-state index contributed by atoms with van der Waals surface area (Å²) in [5.41, 5.74) is 12.7. The van der Waals surface area contributed by atoms with Gasteiger partial charge in [-0.15, -0.1) is 0 Å². The van der Waals surface area contributed by atoms with Gasteiger partial charge in [0.1, 0.15) is 0 Å². The first-order valence-electron chi connectivity index (χ1n) is 21.3. The maximum absolute atomic E-state index is 6.35. The molecular weight excluding hydrogens is 548 g/mol. The van der Waals surface area contributed by atoms with Gasteiger partial charge in [-0.1, -0.05) is 219 Å². The molecule has 0 spiro atoms. The zero-order chi connectivity index (χ0) is 32.7. The Labute approximate surface area is 285 Å². The maximum atomic E-state index is 6.35. The summed E-state index contributed by atoms with van der Waals surface area (Å²) in [5, 5.41) is 0. The summed E-state index contributed by atoms with van der Waals surface area (Å²) < 4.78 is 5.88. The Bertz CT molecular complexity index is 469. The largest absolute Gasteiger partial charge is 0.381 e. The van der Waals surface area contributed by atoms with Crippen molar-refractivity contribution in [3.63, 3.8) is 0 Å². The Morgan fingerprint density at radius 2 is 0.489 bits per heavy atom. The third-order valence-corrected chi connectivity index (χ3v) is 10.1. The lowest BCUT2D eigenvalue weighted by atomic mass is 10.0. The van der Waals surface area contributed by atoms with Crippen LogP contribution in [0.5, 0.6) is 0 Å². The first-order chi connectivity index (χ1) is 22.2. The van der Waals surface area contributed by atoms with Crippen LogP contribution in [0.1, 0.15) is 245 Å². The highest BCUT2D eigenvalue weighted by atomic mass is 16.5. The molecule has 0 saturated heterocycles.